The molecule has 1 heterocycles. The van der Waals surface area contributed by atoms with E-state index in [-0.39, 0.29) is 34.8 Å². The second kappa shape index (κ2) is 5.88. The second-order valence-corrected chi connectivity index (χ2v) is 3.58. The van der Waals surface area contributed by atoms with E-state index in [0.29, 0.717) is 0 Å². The monoisotopic (exact) mass is 264 g/mol. The van der Waals surface area contributed by atoms with Crippen LogP contribution in [0.25, 0.3) is 0 Å². The Balaban J connectivity index is 3.25. The van der Waals surface area contributed by atoms with E-state index < -0.39 is 12.4 Å². The SMILES string of the molecule is COC(=O)Cc1c(Cl)ncc(C(F)F)c1CN. The molecule has 17 heavy (non-hydrogen) atoms. The average Bonchev–Trinajstić information content (AvgIpc) is 2.30. The van der Waals surface area contributed by atoms with Gasteiger partial charge in [0.05, 0.1) is 13.5 Å². The Kier molecular flexibility index (Phi) is 4.77. The number of esters is 1. The summed E-state index contributed by atoms with van der Waals surface area (Å²) >= 11 is 5.77. The van der Waals surface area contributed by atoms with Crippen molar-refractivity contribution in [2.45, 2.75) is 19.4 Å². The Labute approximate surface area is 102 Å². The molecule has 0 aliphatic heterocycles. The van der Waals surface area contributed by atoms with Crippen molar-refractivity contribution in [3.05, 3.63) is 28.0 Å². The number of rotatable bonds is 4. The summed E-state index contributed by atoms with van der Waals surface area (Å²) in [6, 6.07) is 0. The van der Waals surface area contributed by atoms with Crippen molar-refractivity contribution >= 4 is 17.6 Å². The van der Waals surface area contributed by atoms with Gasteiger partial charge in [-0.15, -0.1) is 0 Å². The number of ether oxygens (including phenoxy) is 1. The molecule has 1 aromatic heterocycles. The molecular formula is C10H11ClF2N2O2. The fourth-order valence-corrected chi connectivity index (χ4v) is 1.64. The maximum absolute atomic E-state index is 12.7. The zero-order valence-corrected chi connectivity index (χ0v) is 9.80. The summed E-state index contributed by atoms with van der Waals surface area (Å²) in [6.45, 7) is -0.145. The van der Waals surface area contributed by atoms with E-state index in [9.17, 15) is 13.6 Å². The number of carbonyl (C=O) groups is 1. The number of pyridine rings is 1. The first-order valence-electron chi connectivity index (χ1n) is 4.72. The molecule has 0 bridgehead atoms. The van der Waals surface area contributed by atoms with E-state index >= 15 is 0 Å². The quantitative estimate of drug-likeness (QED) is 0.666. The molecule has 4 nitrogen and oxygen atoms in total. The molecule has 0 spiro atoms. The van der Waals surface area contributed by atoms with Crippen molar-refractivity contribution in [3.8, 4) is 0 Å². The first kappa shape index (κ1) is 13.8. The first-order chi connectivity index (χ1) is 8.01. The van der Waals surface area contributed by atoms with Gasteiger partial charge in [-0.1, -0.05) is 11.6 Å². The maximum atomic E-state index is 12.7. The zero-order valence-electron chi connectivity index (χ0n) is 9.04. The second-order valence-electron chi connectivity index (χ2n) is 3.22. The molecule has 7 heteroatoms. The number of aromatic nitrogens is 1. The van der Waals surface area contributed by atoms with Crippen LogP contribution >= 0.6 is 11.6 Å². The molecule has 0 fully saturated rings. The predicted molar refractivity (Wildman–Crippen MR) is 57.8 cm³/mol. The van der Waals surface area contributed by atoms with Gasteiger partial charge in [-0.25, -0.2) is 13.8 Å². The summed E-state index contributed by atoms with van der Waals surface area (Å²) in [5, 5.41) is -0.0137. The maximum Gasteiger partial charge on any atom is 0.310 e. The summed E-state index contributed by atoms with van der Waals surface area (Å²) in [7, 11) is 1.20. The molecule has 0 atom stereocenters. The van der Waals surface area contributed by atoms with Gasteiger partial charge in [0.25, 0.3) is 6.43 Å². The standard InChI is InChI=1S/C10H11ClF2N2O2/c1-17-8(16)2-5-6(3-14)7(10(12)13)4-15-9(5)11/h4,10H,2-3,14H2,1H3. The van der Waals surface area contributed by atoms with Gasteiger partial charge >= 0.3 is 5.97 Å². The Hall–Kier alpha value is -1.27. The summed E-state index contributed by atoms with van der Waals surface area (Å²) in [6.07, 6.45) is -1.97. The summed E-state index contributed by atoms with van der Waals surface area (Å²) in [5.41, 5.74) is 5.43. The molecule has 0 unspecified atom stereocenters. The van der Waals surface area contributed by atoms with Gasteiger partial charge in [0.15, 0.2) is 0 Å². The molecule has 1 rings (SSSR count). The topological polar surface area (TPSA) is 65.2 Å². The zero-order chi connectivity index (χ0) is 13.0. The highest BCUT2D eigenvalue weighted by Gasteiger charge is 2.20. The van der Waals surface area contributed by atoms with Crippen LogP contribution in [0.2, 0.25) is 5.15 Å². The molecule has 0 aromatic carbocycles. The summed E-state index contributed by atoms with van der Waals surface area (Å²) in [5.74, 6) is -0.588. The molecule has 1 aromatic rings. The van der Waals surface area contributed by atoms with E-state index in [4.69, 9.17) is 17.3 Å². The highest BCUT2D eigenvalue weighted by atomic mass is 35.5. The average molecular weight is 265 g/mol. The van der Waals surface area contributed by atoms with Crippen LogP contribution < -0.4 is 5.73 Å². The molecule has 0 saturated carbocycles. The van der Waals surface area contributed by atoms with Gasteiger partial charge in [-0.2, -0.15) is 0 Å². The van der Waals surface area contributed by atoms with Crippen molar-refractivity contribution in [2.24, 2.45) is 5.73 Å². The van der Waals surface area contributed by atoms with Crippen molar-refractivity contribution in [1.29, 1.82) is 0 Å². The molecular weight excluding hydrogens is 254 g/mol. The highest BCUT2D eigenvalue weighted by Crippen LogP contribution is 2.28. The van der Waals surface area contributed by atoms with Crippen molar-refractivity contribution in [3.63, 3.8) is 0 Å². The van der Waals surface area contributed by atoms with E-state index in [1.54, 1.807) is 0 Å². The molecule has 0 aliphatic rings. The molecule has 0 amide bonds. The Morgan fingerprint density at radius 2 is 2.24 bits per heavy atom. The molecule has 2 N–H and O–H groups in total. The molecule has 0 saturated heterocycles. The Bertz CT molecular complexity index is 427. The van der Waals surface area contributed by atoms with E-state index in [1.165, 1.54) is 7.11 Å². The lowest BCUT2D eigenvalue weighted by atomic mass is 10.0. The number of hydrogen-bond acceptors (Lipinski definition) is 4. The number of carbonyl (C=O) groups excluding carboxylic acids is 1. The lowest BCUT2D eigenvalue weighted by Gasteiger charge is -2.13. The van der Waals surface area contributed by atoms with Gasteiger partial charge in [-0.05, 0) is 5.56 Å². The first-order valence-corrected chi connectivity index (χ1v) is 5.10. The largest absolute Gasteiger partial charge is 0.469 e. The third kappa shape index (κ3) is 3.10. The van der Waals surface area contributed by atoms with Crippen LogP contribution in [0.5, 0.6) is 0 Å². The van der Waals surface area contributed by atoms with Crippen LogP contribution in [0.15, 0.2) is 6.20 Å². The normalized spacial score (nSPS) is 10.7. The number of methoxy groups -OCH3 is 1. The highest BCUT2D eigenvalue weighted by molar-refractivity contribution is 6.30. The van der Waals surface area contributed by atoms with Crippen LogP contribution in [0.3, 0.4) is 0 Å². The number of halogens is 3. The van der Waals surface area contributed by atoms with Gasteiger partial charge in [0.2, 0.25) is 0 Å². The fourth-order valence-electron chi connectivity index (χ4n) is 1.41. The van der Waals surface area contributed by atoms with Crippen LogP contribution in [0, 0.1) is 0 Å². The molecule has 0 aliphatic carbocycles. The van der Waals surface area contributed by atoms with E-state index in [0.717, 1.165) is 6.20 Å². The smallest absolute Gasteiger partial charge is 0.310 e. The fraction of sp³-hybridized carbons (Fsp3) is 0.400. The van der Waals surface area contributed by atoms with Gasteiger partial charge < -0.3 is 10.5 Å². The van der Waals surface area contributed by atoms with Crippen LogP contribution in [-0.2, 0) is 22.5 Å². The van der Waals surface area contributed by atoms with Crippen LogP contribution in [0.1, 0.15) is 23.1 Å². The lowest BCUT2D eigenvalue weighted by Crippen LogP contribution is -2.13. The minimum absolute atomic E-state index is 0.0137. The Morgan fingerprint density at radius 1 is 1.59 bits per heavy atom. The number of alkyl halides is 2. The summed E-state index contributed by atoms with van der Waals surface area (Å²) in [4.78, 5) is 14.8. The third-order valence-electron chi connectivity index (χ3n) is 2.27. The third-order valence-corrected chi connectivity index (χ3v) is 2.59. The van der Waals surface area contributed by atoms with Crippen molar-refractivity contribution in [2.75, 3.05) is 7.11 Å². The molecule has 0 radical (unpaired) electrons. The number of nitrogens with zero attached hydrogens (tertiary/aromatic N) is 1. The van der Waals surface area contributed by atoms with Crippen molar-refractivity contribution in [1.82, 2.24) is 4.98 Å². The van der Waals surface area contributed by atoms with E-state index in [2.05, 4.69) is 9.72 Å². The molecule has 94 valence electrons. The van der Waals surface area contributed by atoms with E-state index in [1.807, 2.05) is 0 Å². The number of hydrogen-bond donors (Lipinski definition) is 1. The van der Waals surface area contributed by atoms with Gasteiger partial charge in [0, 0.05) is 23.9 Å². The van der Waals surface area contributed by atoms with Crippen molar-refractivity contribution < 1.29 is 18.3 Å². The minimum atomic E-state index is -2.71. The minimum Gasteiger partial charge on any atom is -0.469 e. The predicted octanol–water partition coefficient (Wildman–Crippen LogP) is 1.85. The van der Waals surface area contributed by atoms with Gasteiger partial charge in [-0.3, -0.25) is 4.79 Å². The summed E-state index contributed by atoms with van der Waals surface area (Å²) < 4.78 is 29.8. The van der Waals surface area contributed by atoms with Crippen LogP contribution in [-0.4, -0.2) is 18.1 Å². The number of nitrogens with two attached hydrogens (primary N) is 1. The Morgan fingerprint density at radius 3 is 2.71 bits per heavy atom. The van der Waals surface area contributed by atoms with Gasteiger partial charge in [0.1, 0.15) is 5.15 Å². The van der Waals surface area contributed by atoms with Crippen LogP contribution in [0.4, 0.5) is 8.78 Å². The lowest BCUT2D eigenvalue weighted by molar-refractivity contribution is -0.139.